The van der Waals surface area contributed by atoms with Crippen molar-refractivity contribution in [1.82, 2.24) is 15.1 Å². The smallest absolute Gasteiger partial charge is 0.277 e. The van der Waals surface area contributed by atoms with Crippen LogP contribution in [0.2, 0.25) is 0 Å². The van der Waals surface area contributed by atoms with Gasteiger partial charge in [-0.2, -0.15) is 0 Å². The lowest BCUT2D eigenvalue weighted by Gasteiger charge is -2.40. The number of thioether (sulfide) groups is 1. The molecule has 0 spiro atoms. The fourth-order valence-electron chi connectivity index (χ4n) is 3.37. The number of amides is 1. The molecule has 0 radical (unpaired) electrons. The predicted octanol–water partition coefficient (Wildman–Crippen LogP) is 4.02. The second-order valence-corrected chi connectivity index (χ2v) is 8.03. The third kappa shape index (κ3) is 4.03. The van der Waals surface area contributed by atoms with Crippen molar-refractivity contribution in [3.05, 3.63) is 24.3 Å². The van der Waals surface area contributed by atoms with Gasteiger partial charge in [0.25, 0.3) is 5.22 Å². The number of carbonyl (C=O) groups is 1. The highest BCUT2D eigenvalue weighted by atomic mass is 32.2. The molecule has 1 aliphatic heterocycles. The number of benzene rings is 1. The zero-order valence-corrected chi connectivity index (χ0v) is 16.5. The van der Waals surface area contributed by atoms with Crippen LogP contribution >= 0.6 is 11.8 Å². The maximum atomic E-state index is 12.9. The minimum Gasteiger partial charge on any atom is -0.497 e. The molecule has 3 rings (SSSR count). The van der Waals surface area contributed by atoms with Crippen molar-refractivity contribution in [2.75, 3.05) is 7.11 Å². The van der Waals surface area contributed by atoms with Crippen LogP contribution in [0.15, 0.2) is 33.9 Å². The SMILES string of the molecule is COc1ccc(-c2nnc(S[C@H](C)C(=O)N3[C@@H](C)CCC[C@@H]3C)o2)cc1. The van der Waals surface area contributed by atoms with Gasteiger partial charge in [-0.3, -0.25) is 4.79 Å². The fraction of sp³-hybridized carbons (Fsp3) is 0.526. The molecular weight excluding hydrogens is 350 g/mol. The van der Waals surface area contributed by atoms with Crippen LogP contribution in [0.25, 0.3) is 11.5 Å². The van der Waals surface area contributed by atoms with E-state index in [0.29, 0.717) is 11.1 Å². The van der Waals surface area contributed by atoms with Crippen molar-refractivity contribution in [3.63, 3.8) is 0 Å². The topological polar surface area (TPSA) is 68.5 Å². The van der Waals surface area contributed by atoms with Gasteiger partial charge in [0.1, 0.15) is 5.75 Å². The Morgan fingerprint density at radius 2 is 1.88 bits per heavy atom. The zero-order valence-electron chi connectivity index (χ0n) is 15.6. The number of rotatable bonds is 5. The summed E-state index contributed by atoms with van der Waals surface area (Å²) in [4.78, 5) is 14.9. The highest BCUT2D eigenvalue weighted by Gasteiger charge is 2.32. The summed E-state index contributed by atoms with van der Waals surface area (Å²) in [5.74, 6) is 1.35. The normalized spacial score (nSPS) is 21.5. The molecular formula is C19H25N3O3S. The lowest BCUT2D eigenvalue weighted by atomic mass is 9.97. The van der Waals surface area contributed by atoms with E-state index in [4.69, 9.17) is 9.15 Å². The van der Waals surface area contributed by atoms with Gasteiger partial charge in [-0.25, -0.2) is 0 Å². The van der Waals surface area contributed by atoms with Gasteiger partial charge in [0.2, 0.25) is 11.8 Å². The standard InChI is InChI=1S/C19H25N3O3S/c1-12-6-5-7-13(2)22(12)18(23)14(3)26-19-21-20-17(25-19)15-8-10-16(24-4)11-9-15/h8-14H,5-7H2,1-4H3/t12-,13-,14+/m0/s1. The molecule has 0 unspecified atom stereocenters. The third-order valence-corrected chi connectivity index (χ3v) is 5.74. The van der Waals surface area contributed by atoms with E-state index in [1.807, 2.05) is 36.1 Å². The number of hydrogen-bond donors (Lipinski definition) is 0. The molecule has 0 N–H and O–H groups in total. The average molecular weight is 375 g/mol. The first-order valence-electron chi connectivity index (χ1n) is 8.96. The Morgan fingerprint density at radius 3 is 2.50 bits per heavy atom. The van der Waals surface area contributed by atoms with Gasteiger partial charge in [0, 0.05) is 17.6 Å². The van der Waals surface area contributed by atoms with Crippen molar-refractivity contribution in [2.24, 2.45) is 0 Å². The van der Waals surface area contributed by atoms with Crippen LogP contribution in [0.4, 0.5) is 0 Å². The molecule has 1 aromatic heterocycles. The molecule has 1 fully saturated rings. The molecule has 1 aromatic carbocycles. The monoisotopic (exact) mass is 375 g/mol. The minimum atomic E-state index is -0.262. The largest absolute Gasteiger partial charge is 0.497 e. The second kappa shape index (κ2) is 8.12. The lowest BCUT2D eigenvalue weighted by Crippen LogP contribution is -2.50. The Kier molecular flexibility index (Phi) is 5.86. The summed E-state index contributed by atoms with van der Waals surface area (Å²) in [6, 6.07) is 7.99. The van der Waals surface area contributed by atoms with Gasteiger partial charge in [0.05, 0.1) is 12.4 Å². The van der Waals surface area contributed by atoms with Gasteiger partial charge < -0.3 is 14.1 Å². The van der Waals surface area contributed by atoms with Crippen LogP contribution in [-0.4, -0.2) is 45.4 Å². The number of aromatic nitrogens is 2. The van der Waals surface area contributed by atoms with Crippen LogP contribution in [0.3, 0.4) is 0 Å². The number of nitrogens with zero attached hydrogens (tertiary/aromatic N) is 3. The summed E-state index contributed by atoms with van der Waals surface area (Å²) in [5, 5.41) is 8.33. The molecule has 26 heavy (non-hydrogen) atoms. The van der Waals surface area contributed by atoms with Crippen LogP contribution in [-0.2, 0) is 4.79 Å². The van der Waals surface area contributed by atoms with Crippen molar-refractivity contribution < 1.29 is 13.9 Å². The fourth-order valence-corrected chi connectivity index (χ4v) is 4.11. The number of ether oxygens (including phenoxy) is 1. The summed E-state index contributed by atoms with van der Waals surface area (Å²) in [5.41, 5.74) is 0.822. The molecule has 140 valence electrons. The van der Waals surface area contributed by atoms with Crippen molar-refractivity contribution in [3.8, 4) is 17.2 Å². The Labute approximate surface area is 158 Å². The molecule has 1 saturated heterocycles. The Bertz CT molecular complexity index is 737. The summed E-state index contributed by atoms with van der Waals surface area (Å²) >= 11 is 1.32. The highest BCUT2D eigenvalue weighted by molar-refractivity contribution is 8.00. The summed E-state index contributed by atoms with van der Waals surface area (Å²) < 4.78 is 10.9. The molecule has 2 heterocycles. The highest BCUT2D eigenvalue weighted by Crippen LogP contribution is 2.30. The Morgan fingerprint density at radius 1 is 1.23 bits per heavy atom. The molecule has 1 amide bonds. The van der Waals surface area contributed by atoms with Crippen LogP contribution in [0, 0.1) is 0 Å². The number of hydrogen-bond acceptors (Lipinski definition) is 6. The average Bonchev–Trinajstić information content (AvgIpc) is 3.10. The molecule has 1 aliphatic rings. The lowest BCUT2D eigenvalue weighted by molar-refractivity contribution is -0.136. The van der Waals surface area contributed by atoms with Gasteiger partial charge in [0.15, 0.2) is 0 Å². The molecule has 7 heteroatoms. The van der Waals surface area contributed by atoms with Gasteiger partial charge in [-0.05, 0) is 64.3 Å². The molecule has 2 aromatic rings. The molecule has 0 bridgehead atoms. The van der Waals surface area contributed by atoms with Gasteiger partial charge in [-0.1, -0.05) is 11.8 Å². The Balaban J connectivity index is 1.67. The Hall–Kier alpha value is -2.02. The van der Waals surface area contributed by atoms with Crippen LogP contribution in [0.1, 0.15) is 40.0 Å². The maximum Gasteiger partial charge on any atom is 0.277 e. The quantitative estimate of drug-likeness (QED) is 0.736. The van der Waals surface area contributed by atoms with E-state index >= 15 is 0 Å². The molecule has 0 aliphatic carbocycles. The number of piperidine rings is 1. The van der Waals surface area contributed by atoms with Crippen LogP contribution in [0.5, 0.6) is 5.75 Å². The van der Waals surface area contributed by atoms with E-state index in [9.17, 15) is 4.79 Å². The van der Waals surface area contributed by atoms with Crippen molar-refractivity contribution >= 4 is 17.7 Å². The van der Waals surface area contributed by atoms with Crippen molar-refractivity contribution in [1.29, 1.82) is 0 Å². The van der Waals surface area contributed by atoms with E-state index in [-0.39, 0.29) is 23.2 Å². The first kappa shape index (κ1) is 18.8. The van der Waals surface area contributed by atoms with Gasteiger partial charge >= 0.3 is 0 Å². The first-order valence-corrected chi connectivity index (χ1v) is 9.84. The van der Waals surface area contributed by atoms with E-state index in [1.54, 1.807) is 7.11 Å². The minimum absolute atomic E-state index is 0.138. The summed E-state index contributed by atoms with van der Waals surface area (Å²) in [6.45, 7) is 6.15. The molecule has 0 saturated carbocycles. The van der Waals surface area contributed by atoms with Crippen LogP contribution < -0.4 is 4.74 Å². The van der Waals surface area contributed by atoms with E-state index in [1.165, 1.54) is 18.2 Å². The molecule has 6 nitrogen and oxygen atoms in total. The van der Waals surface area contributed by atoms with Crippen molar-refractivity contribution in [2.45, 2.75) is 62.6 Å². The third-order valence-electron chi connectivity index (χ3n) is 4.82. The number of carbonyl (C=O) groups excluding carboxylic acids is 1. The zero-order chi connectivity index (χ0) is 18.7. The summed E-state index contributed by atoms with van der Waals surface area (Å²) in [6.07, 6.45) is 3.31. The number of likely N-dealkylation sites (tertiary alicyclic amines) is 1. The first-order chi connectivity index (χ1) is 12.5. The van der Waals surface area contributed by atoms with E-state index < -0.39 is 0 Å². The van der Waals surface area contributed by atoms with E-state index in [0.717, 1.165) is 24.2 Å². The maximum absolute atomic E-state index is 12.9. The second-order valence-electron chi connectivity index (χ2n) is 6.74. The van der Waals surface area contributed by atoms with Gasteiger partial charge in [-0.15, -0.1) is 10.2 Å². The molecule has 3 atom stereocenters. The number of methoxy groups -OCH3 is 1. The predicted molar refractivity (Wildman–Crippen MR) is 101 cm³/mol. The van der Waals surface area contributed by atoms with E-state index in [2.05, 4.69) is 24.0 Å². The summed E-state index contributed by atoms with van der Waals surface area (Å²) in [7, 11) is 1.62.